The molecule has 1 amide bonds. The van der Waals surface area contributed by atoms with Gasteiger partial charge in [0.15, 0.2) is 0 Å². The van der Waals surface area contributed by atoms with Gasteiger partial charge in [-0.25, -0.2) is 4.39 Å². The summed E-state index contributed by atoms with van der Waals surface area (Å²) in [5.41, 5.74) is 0.489. The Balaban J connectivity index is 2.08. The Morgan fingerprint density at radius 2 is 1.70 bits per heavy atom. The number of aromatic nitrogens is 1. The molecule has 1 heterocycles. The van der Waals surface area contributed by atoms with Crippen molar-refractivity contribution >= 4 is 56.8 Å². The smallest absolute Gasteiger partial charge is 0.244 e. The van der Waals surface area contributed by atoms with Gasteiger partial charge in [-0.1, -0.05) is 0 Å². The minimum absolute atomic E-state index is 0.0404. The Bertz CT molecular complexity index is 672. The standard InChI is InChI=1S/C13H9FI2N2O2/c14-8-1-3-9(4-2-8)17-12(19)7-18-5-10(15)13(20)11(16)6-18/h1-6H,7H2,(H,17,19). The number of rotatable bonds is 3. The molecule has 0 unspecified atom stereocenters. The van der Waals surface area contributed by atoms with Crippen molar-refractivity contribution < 1.29 is 9.18 Å². The highest BCUT2D eigenvalue weighted by Crippen LogP contribution is 2.09. The number of hydrogen-bond acceptors (Lipinski definition) is 2. The normalized spacial score (nSPS) is 10.3. The molecular weight excluding hydrogens is 489 g/mol. The van der Waals surface area contributed by atoms with Gasteiger partial charge >= 0.3 is 0 Å². The van der Waals surface area contributed by atoms with E-state index in [1.165, 1.54) is 24.3 Å². The van der Waals surface area contributed by atoms with Gasteiger partial charge in [0.1, 0.15) is 12.4 Å². The lowest BCUT2D eigenvalue weighted by atomic mass is 10.3. The highest BCUT2D eigenvalue weighted by molar-refractivity contribution is 14.1. The first-order valence-corrected chi connectivity index (χ1v) is 7.72. The summed E-state index contributed by atoms with van der Waals surface area (Å²) in [5.74, 6) is -0.598. The maximum Gasteiger partial charge on any atom is 0.244 e. The van der Waals surface area contributed by atoms with E-state index in [0.29, 0.717) is 12.8 Å². The molecule has 4 nitrogen and oxygen atoms in total. The minimum atomic E-state index is -0.354. The van der Waals surface area contributed by atoms with E-state index in [4.69, 9.17) is 0 Å². The second-order valence-electron chi connectivity index (χ2n) is 4.01. The molecule has 2 aromatic rings. The van der Waals surface area contributed by atoms with Crippen LogP contribution in [0.15, 0.2) is 41.5 Å². The van der Waals surface area contributed by atoms with E-state index in [-0.39, 0.29) is 23.7 Å². The van der Waals surface area contributed by atoms with Gasteiger partial charge in [0.25, 0.3) is 0 Å². The number of hydrogen-bond donors (Lipinski definition) is 1. The molecule has 2 rings (SSSR count). The fourth-order valence-corrected chi connectivity index (χ4v) is 3.36. The van der Waals surface area contributed by atoms with Crippen molar-refractivity contribution in [2.24, 2.45) is 0 Å². The van der Waals surface area contributed by atoms with E-state index >= 15 is 0 Å². The fourth-order valence-electron chi connectivity index (χ4n) is 1.55. The van der Waals surface area contributed by atoms with E-state index in [1.807, 2.05) is 45.2 Å². The van der Waals surface area contributed by atoms with Crippen molar-refractivity contribution in [1.82, 2.24) is 4.57 Å². The maximum absolute atomic E-state index is 12.7. The minimum Gasteiger partial charge on any atom is -0.343 e. The average Bonchev–Trinajstić information content (AvgIpc) is 2.38. The lowest BCUT2D eigenvalue weighted by Gasteiger charge is -2.09. The molecule has 0 aliphatic heterocycles. The number of pyridine rings is 1. The van der Waals surface area contributed by atoms with E-state index < -0.39 is 0 Å². The van der Waals surface area contributed by atoms with Crippen molar-refractivity contribution in [1.29, 1.82) is 0 Å². The molecule has 0 aliphatic rings. The van der Waals surface area contributed by atoms with E-state index in [1.54, 1.807) is 17.0 Å². The lowest BCUT2D eigenvalue weighted by Crippen LogP contribution is -2.21. The van der Waals surface area contributed by atoms with Crippen LogP contribution in [-0.4, -0.2) is 10.5 Å². The summed E-state index contributed by atoms with van der Waals surface area (Å²) in [6.45, 7) is 0.0870. The number of benzene rings is 1. The summed E-state index contributed by atoms with van der Waals surface area (Å²) >= 11 is 3.88. The number of anilines is 1. The Morgan fingerprint density at radius 1 is 1.15 bits per heavy atom. The predicted octanol–water partition coefficient (Wildman–Crippen LogP) is 2.84. The third-order valence-corrected chi connectivity index (χ3v) is 3.98. The van der Waals surface area contributed by atoms with Crippen molar-refractivity contribution in [2.75, 3.05) is 5.32 Å². The summed E-state index contributed by atoms with van der Waals surface area (Å²) in [5, 5.41) is 2.66. The molecule has 1 N–H and O–H groups in total. The summed E-state index contributed by atoms with van der Waals surface area (Å²) in [6, 6.07) is 5.54. The van der Waals surface area contributed by atoms with Gasteiger partial charge in [-0.05, 0) is 69.4 Å². The van der Waals surface area contributed by atoms with Crippen molar-refractivity contribution in [3.8, 4) is 0 Å². The Kier molecular flexibility index (Phi) is 5.13. The van der Waals surface area contributed by atoms with Crippen LogP contribution in [0.2, 0.25) is 0 Å². The molecule has 0 bridgehead atoms. The molecule has 1 aromatic carbocycles. The van der Waals surface area contributed by atoms with E-state index in [9.17, 15) is 14.0 Å². The molecule has 0 saturated heterocycles. The zero-order valence-corrected chi connectivity index (χ0v) is 14.4. The quantitative estimate of drug-likeness (QED) is 0.663. The number of nitrogens with one attached hydrogen (secondary N) is 1. The summed E-state index contributed by atoms with van der Waals surface area (Å²) < 4.78 is 15.5. The van der Waals surface area contributed by atoms with Crippen molar-refractivity contribution in [3.05, 3.63) is 59.8 Å². The molecule has 1 aromatic heterocycles. The van der Waals surface area contributed by atoms with Gasteiger partial charge in [0, 0.05) is 18.1 Å². The van der Waals surface area contributed by atoms with Crippen LogP contribution in [0.4, 0.5) is 10.1 Å². The van der Waals surface area contributed by atoms with Gasteiger partial charge in [-0.15, -0.1) is 0 Å². The SMILES string of the molecule is O=C(Cn1cc(I)c(=O)c(I)c1)Nc1ccc(F)cc1. The Labute approximate surface area is 141 Å². The van der Waals surface area contributed by atoms with Gasteiger partial charge in [0.2, 0.25) is 11.3 Å². The third kappa shape index (κ3) is 4.01. The topological polar surface area (TPSA) is 51.1 Å². The molecule has 0 atom stereocenters. The first-order chi connectivity index (χ1) is 9.45. The second-order valence-corrected chi connectivity index (χ2v) is 6.33. The highest BCUT2D eigenvalue weighted by Gasteiger charge is 2.07. The largest absolute Gasteiger partial charge is 0.343 e. The summed E-state index contributed by atoms with van der Waals surface area (Å²) in [4.78, 5) is 23.4. The lowest BCUT2D eigenvalue weighted by molar-refractivity contribution is -0.116. The van der Waals surface area contributed by atoms with Crippen LogP contribution < -0.4 is 10.7 Å². The summed E-state index contributed by atoms with van der Waals surface area (Å²) in [7, 11) is 0. The third-order valence-electron chi connectivity index (χ3n) is 2.45. The van der Waals surface area contributed by atoms with Crippen LogP contribution in [0.5, 0.6) is 0 Å². The molecule has 0 aliphatic carbocycles. The van der Waals surface area contributed by atoms with Crippen LogP contribution in [0, 0.1) is 13.0 Å². The molecule has 20 heavy (non-hydrogen) atoms. The zero-order valence-electron chi connectivity index (χ0n) is 10.1. The monoisotopic (exact) mass is 498 g/mol. The first kappa shape index (κ1) is 15.4. The molecule has 0 spiro atoms. The van der Waals surface area contributed by atoms with Crippen LogP contribution in [0.1, 0.15) is 0 Å². The van der Waals surface area contributed by atoms with Gasteiger partial charge in [-0.3, -0.25) is 9.59 Å². The second kappa shape index (κ2) is 6.66. The maximum atomic E-state index is 12.7. The summed E-state index contributed by atoms with van der Waals surface area (Å²) in [6.07, 6.45) is 3.24. The van der Waals surface area contributed by atoms with Crippen molar-refractivity contribution in [2.45, 2.75) is 6.54 Å². The Hall–Kier alpha value is -0.970. The number of carbonyl (C=O) groups is 1. The van der Waals surface area contributed by atoms with Crippen LogP contribution in [-0.2, 0) is 11.3 Å². The van der Waals surface area contributed by atoms with Crippen LogP contribution in [0.3, 0.4) is 0 Å². The molecule has 0 radical (unpaired) electrons. The zero-order chi connectivity index (χ0) is 14.7. The number of nitrogens with zero attached hydrogens (tertiary/aromatic N) is 1. The number of halogens is 3. The number of amides is 1. The highest BCUT2D eigenvalue weighted by atomic mass is 127. The predicted molar refractivity (Wildman–Crippen MR) is 91.2 cm³/mol. The van der Waals surface area contributed by atoms with Gasteiger partial charge < -0.3 is 9.88 Å². The van der Waals surface area contributed by atoms with Crippen LogP contribution in [0.25, 0.3) is 0 Å². The fraction of sp³-hybridized carbons (Fsp3) is 0.0769. The Morgan fingerprint density at radius 3 is 2.25 bits per heavy atom. The first-order valence-electron chi connectivity index (χ1n) is 5.56. The molecule has 7 heteroatoms. The van der Waals surface area contributed by atoms with Gasteiger partial charge in [-0.2, -0.15) is 0 Å². The van der Waals surface area contributed by atoms with Crippen LogP contribution >= 0.6 is 45.2 Å². The van der Waals surface area contributed by atoms with Gasteiger partial charge in [0.05, 0.1) is 7.14 Å². The average molecular weight is 498 g/mol. The van der Waals surface area contributed by atoms with E-state index in [0.717, 1.165) is 0 Å². The molecule has 0 saturated carbocycles. The molecule has 104 valence electrons. The van der Waals surface area contributed by atoms with Crippen molar-refractivity contribution in [3.63, 3.8) is 0 Å². The molecular formula is C13H9FI2N2O2. The number of carbonyl (C=O) groups excluding carboxylic acids is 1. The van der Waals surface area contributed by atoms with E-state index in [2.05, 4.69) is 5.32 Å². The molecule has 0 fully saturated rings.